The zero-order valence-electron chi connectivity index (χ0n) is 12.6. The van der Waals surface area contributed by atoms with E-state index in [2.05, 4.69) is 27.5 Å². The van der Waals surface area contributed by atoms with Crippen LogP contribution in [-0.2, 0) is 13.0 Å². The summed E-state index contributed by atoms with van der Waals surface area (Å²) in [4.78, 5) is 0. The molecule has 9 heteroatoms. The summed E-state index contributed by atoms with van der Waals surface area (Å²) in [6.45, 7) is -0.216. The maximum Gasteiger partial charge on any atom is 0.158 e. The van der Waals surface area contributed by atoms with Crippen molar-refractivity contribution in [1.29, 1.82) is 0 Å². The van der Waals surface area contributed by atoms with Crippen molar-refractivity contribution in [2.24, 2.45) is 0 Å². The van der Waals surface area contributed by atoms with Crippen LogP contribution in [-0.4, -0.2) is 84.6 Å². The Bertz CT molecular complexity index is 567. The molecule has 1 aromatic rings. The number of nitrogens with one attached hydrogen (secondary N) is 1. The Hall–Kier alpha value is -1.54. The molecule has 0 aliphatic carbocycles. The molecule has 2 heterocycles. The predicted molar refractivity (Wildman–Crippen MR) is 79.2 cm³/mol. The number of aromatic nitrogens is 3. The fourth-order valence-electron chi connectivity index (χ4n) is 2.59. The van der Waals surface area contributed by atoms with Gasteiger partial charge in [0.25, 0.3) is 0 Å². The molecule has 128 valence electrons. The largest absolute Gasteiger partial charge is 0.396 e. The van der Waals surface area contributed by atoms with Gasteiger partial charge in [-0.25, -0.2) is 4.68 Å². The summed E-state index contributed by atoms with van der Waals surface area (Å²) in [5, 5.41) is 57.9. The van der Waals surface area contributed by atoms with Crippen LogP contribution in [0.15, 0.2) is 0 Å². The van der Waals surface area contributed by atoms with Gasteiger partial charge in [0, 0.05) is 19.4 Å². The second-order valence-corrected chi connectivity index (χ2v) is 5.36. The van der Waals surface area contributed by atoms with Crippen LogP contribution >= 0.6 is 0 Å². The minimum Gasteiger partial charge on any atom is -0.396 e. The standard InChI is InChI=1S/C14H22N4O5/c19-5-2-1-3-9-12(4-6-20)18(17-16-9)7-10-13(22)14(23)11(8-21)15-10/h10-11,13-15,19-23H,2,4-8H2/t10-,11-,13-,14-/m1/s1. The fourth-order valence-corrected chi connectivity index (χ4v) is 2.59. The van der Waals surface area contributed by atoms with E-state index >= 15 is 0 Å². The zero-order chi connectivity index (χ0) is 16.8. The number of aliphatic hydroxyl groups is 5. The van der Waals surface area contributed by atoms with E-state index in [0.29, 0.717) is 24.2 Å². The molecule has 1 aliphatic heterocycles. The van der Waals surface area contributed by atoms with Gasteiger partial charge in [0.05, 0.1) is 49.7 Å². The molecule has 0 saturated carbocycles. The molecule has 0 amide bonds. The van der Waals surface area contributed by atoms with Gasteiger partial charge >= 0.3 is 0 Å². The molecule has 1 fully saturated rings. The Kier molecular flexibility index (Phi) is 6.47. The van der Waals surface area contributed by atoms with E-state index in [9.17, 15) is 15.3 Å². The average Bonchev–Trinajstić information content (AvgIpc) is 3.04. The van der Waals surface area contributed by atoms with Crippen molar-refractivity contribution in [3.63, 3.8) is 0 Å². The van der Waals surface area contributed by atoms with Crippen molar-refractivity contribution < 1.29 is 25.5 Å². The summed E-state index contributed by atoms with van der Waals surface area (Å²) in [7, 11) is 0. The van der Waals surface area contributed by atoms with Crippen molar-refractivity contribution in [3.05, 3.63) is 11.4 Å². The van der Waals surface area contributed by atoms with Crippen molar-refractivity contribution in [2.75, 3.05) is 19.8 Å². The molecule has 0 radical (unpaired) electrons. The van der Waals surface area contributed by atoms with Crippen LogP contribution in [0.2, 0.25) is 0 Å². The first-order valence-corrected chi connectivity index (χ1v) is 7.48. The summed E-state index contributed by atoms with van der Waals surface area (Å²) < 4.78 is 1.52. The third-order valence-electron chi connectivity index (χ3n) is 3.80. The third kappa shape index (κ3) is 4.06. The number of hydrogen-bond donors (Lipinski definition) is 6. The van der Waals surface area contributed by atoms with Crippen LogP contribution in [0.3, 0.4) is 0 Å². The summed E-state index contributed by atoms with van der Waals surface area (Å²) in [5.41, 5.74) is 1.04. The first-order chi connectivity index (χ1) is 11.1. The van der Waals surface area contributed by atoms with Crippen molar-refractivity contribution in [3.8, 4) is 11.8 Å². The second kappa shape index (κ2) is 8.35. The summed E-state index contributed by atoms with van der Waals surface area (Å²) >= 11 is 0. The number of hydrogen-bond acceptors (Lipinski definition) is 8. The minimum atomic E-state index is -1.06. The van der Waals surface area contributed by atoms with Gasteiger partial charge in [-0.2, -0.15) is 0 Å². The van der Waals surface area contributed by atoms with Crippen molar-refractivity contribution >= 4 is 0 Å². The second-order valence-electron chi connectivity index (χ2n) is 5.36. The van der Waals surface area contributed by atoms with Gasteiger partial charge in [0.2, 0.25) is 0 Å². The van der Waals surface area contributed by atoms with E-state index in [1.54, 1.807) is 0 Å². The molecule has 1 saturated heterocycles. The summed E-state index contributed by atoms with van der Waals surface area (Å²) in [5.74, 6) is 5.55. The van der Waals surface area contributed by atoms with Gasteiger partial charge in [-0.3, -0.25) is 0 Å². The van der Waals surface area contributed by atoms with Gasteiger partial charge in [-0.15, -0.1) is 5.10 Å². The topological polar surface area (TPSA) is 144 Å². The number of aliphatic hydroxyl groups excluding tert-OH is 5. The van der Waals surface area contributed by atoms with Crippen LogP contribution < -0.4 is 5.32 Å². The first-order valence-electron chi connectivity index (χ1n) is 7.48. The van der Waals surface area contributed by atoms with Gasteiger partial charge in [-0.05, 0) is 5.92 Å². The molecule has 0 unspecified atom stereocenters. The highest BCUT2D eigenvalue weighted by Crippen LogP contribution is 2.17. The fraction of sp³-hybridized carbons (Fsp3) is 0.714. The van der Waals surface area contributed by atoms with E-state index in [-0.39, 0.29) is 26.4 Å². The van der Waals surface area contributed by atoms with Crippen LogP contribution in [0.4, 0.5) is 0 Å². The monoisotopic (exact) mass is 326 g/mol. The molecule has 2 rings (SSSR count). The van der Waals surface area contributed by atoms with Gasteiger partial charge in [0.1, 0.15) is 0 Å². The molecule has 1 aromatic heterocycles. The van der Waals surface area contributed by atoms with E-state index in [1.165, 1.54) is 4.68 Å². The smallest absolute Gasteiger partial charge is 0.158 e. The van der Waals surface area contributed by atoms with Crippen LogP contribution in [0.5, 0.6) is 0 Å². The van der Waals surface area contributed by atoms with Gasteiger partial charge in [0.15, 0.2) is 5.69 Å². The van der Waals surface area contributed by atoms with Crippen molar-refractivity contribution in [2.45, 2.75) is 43.7 Å². The predicted octanol–water partition coefficient (Wildman–Crippen LogP) is -3.40. The minimum absolute atomic E-state index is 0.0465. The van der Waals surface area contributed by atoms with E-state index in [1.807, 2.05) is 0 Å². The molecule has 1 aliphatic rings. The van der Waals surface area contributed by atoms with Crippen molar-refractivity contribution in [1.82, 2.24) is 20.3 Å². The van der Waals surface area contributed by atoms with E-state index < -0.39 is 24.3 Å². The van der Waals surface area contributed by atoms with Crippen LogP contribution in [0, 0.1) is 11.8 Å². The maximum atomic E-state index is 10.0. The Balaban J connectivity index is 2.15. The lowest BCUT2D eigenvalue weighted by Crippen LogP contribution is -2.38. The average molecular weight is 326 g/mol. The molecule has 0 aromatic carbocycles. The summed E-state index contributed by atoms with van der Waals surface area (Å²) in [6, 6.07) is -1.09. The summed E-state index contributed by atoms with van der Waals surface area (Å²) in [6.07, 6.45) is -1.48. The first kappa shape index (κ1) is 17.8. The lowest BCUT2D eigenvalue weighted by Gasteiger charge is -2.16. The number of nitrogens with zero attached hydrogens (tertiary/aromatic N) is 3. The van der Waals surface area contributed by atoms with Crippen LogP contribution in [0.1, 0.15) is 17.8 Å². The van der Waals surface area contributed by atoms with Gasteiger partial charge < -0.3 is 30.8 Å². The van der Waals surface area contributed by atoms with Crippen LogP contribution in [0.25, 0.3) is 0 Å². The molecule has 0 spiro atoms. The Morgan fingerprint density at radius 2 is 1.83 bits per heavy atom. The highest BCUT2D eigenvalue weighted by Gasteiger charge is 2.41. The molecule has 6 N–H and O–H groups in total. The third-order valence-corrected chi connectivity index (χ3v) is 3.80. The molecule has 9 nitrogen and oxygen atoms in total. The molecule has 4 atom stereocenters. The van der Waals surface area contributed by atoms with E-state index in [0.717, 1.165) is 0 Å². The van der Waals surface area contributed by atoms with E-state index in [4.69, 9.17) is 10.2 Å². The SMILES string of the molecule is OCCC#Cc1nnn(C[C@H]2N[C@H](CO)[C@@H](O)[C@@H]2O)c1CCO. The Labute approximate surface area is 133 Å². The highest BCUT2D eigenvalue weighted by molar-refractivity contribution is 5.31. The normalized spacial score (nSPS) is 27.0. The number of rotatable bonds is 6. The van der Waals surface area contributed by atoms with Gasteiger partial charge in [-0.1, -0.05) is 11.1 Å². The molecule has 0 bridgehead atoms. The maximum absolute atomic E-state index is 10.0. The quantitative estimate of drug-likeness (QED) is 0.297. The molecular weight excluding hydrogens is 304 g/mol. The lowest BCUT2D eigenvalue weighted by molar-refractivity contribution is 0.0174. The molecular formula is C14H22N4O5. The zero-order valence-corrected chi connectivity index (χ0v) is 12.6. The highest BCUT2D eigenvalue weighted by atomic mass is 16.3. The Morgan fingerprint density at radius 1 is 1.09 bits per heavy atom. The Morgan fingerprint density at radius 3 is 2.43 bits per heavy atom. The lowest BCUT2D eigenvalue weighted by atomic mass is 10.1. The molecule has 23 heavy (non-hydrogen) atoms.